The molecule has 0 aliphatic carbocycles. The monoisotopic (exact) mass is 360 g/mol. The van der Waals surface area contributed by atoms with Crippen molar-refractivity contribution in [1.82, 2.24) is 4.90 Å². The van der Waals surface area contributed by atoms with Crippen LogP contribution in [0.25, 0.3) is 0 Å². The average Bonchev–Trinajstić information content (AvgIpc) is 3.12. The van der Waals surface area contributed by atoms with Gasteiger partial charge in [-0.2, -0.15) is 0 Å². The summed E-state index contributed by atoms with van der Waals surface area (Å²) in [6.07, 6.45) is 0.901. The first kappa shape index (κ1) is 19.0. The molecule has 0 saturated heterocycles. The highest BCUT2D eigenvalue weighted by Gasteiger charge is 2.15. The third kappa shape index (κ3) is 5.66. The second kappa shape index (κ2) is 9.26. The number of benzene rings is 1. The van der Waals surface area contributed by atoms with Gasteiger partial charge < -0.3 is 18.8 Å². The standard InChI is InChI=1S/C18H20N2O6/c1-3-24-18(23)19-14-7-4-6-13(10-14)17(22)26-12-16(21)20(2)11-15-8-5-9-25-15/h4-10H,3,11-12H2,1-2H3,(H,19,23). The minimum absolute atomic E-state index is 0.209. The Balaban J connectivity index is 1.87. The van der Waals surface area contributed by atoms with Gasteiger partial charge in [-0.1, -0.05) is 6.07 Å². The van der Waals surface area contributed by atoms with Gasteiger partial charge in [-0.05, 0) is 37.3 Å². The molecule has 1 aromatic heterocycles. The smallest absolute Gasteiger partial charge is 0.411 e. The lowest BCUT2D eigenvalue weighted by Crippen LogP contribution is -2.30. The van der Waals surface area contributed by atoms with Crippen molar-refractivity contribution in [2.45, 2.75) is 13.5 Å². The maximum atomic E-state index is 12.1. The van der Waals surface area contributed by atoms with Crippen LogP contribution in [-0.4, -0.2) is 43.1 Å². The summed E-state index contributed by atoms with van der Waals surface area (Å²) < 4.78 is 15.0. The van der Waals surface area contributed by atoms with Gasteiger partial charge in [0.1, 0.15) is 5.76 Å². The number of ether oxygens (including phenoxy) is 2. The fraction of sp³-hybridized carbons (Fsp3) is 0.278. The molecule has 2 aromatic rings. The zero-order valence-corrected chi connectivity index (χ0v) is 14.6. The van der Waals surface area contributed by atoms with Crippen molar-refractivity contribution in [2.75, 3.05) is 25.6 Å². The van der Waals surface area contributed by atoms with Gasteiger partial charge in [0.25, 0.3) is 5.91 Å². The molecule has 0 radical (unpaired) electrons. The first-order valence-electron chi connectivity index (χ1n) is 7.97. The minimum atomic E-state index is -0.669. The van der Waals surface area contributed by atoms with E-state index in [0.717, 1.165) is 0 Å². The Labute approximate surface area is 150 Å². The van der Waals surface area contributed by atoms with E-state index in [0.29, 0.717) is 11.4 Å². The molecule has 0 aliphatic rings. The molecule has 8 nitrogen and oxygen atoms in total. The van der Waals surface area contributed by atoms with Crippen LogP contribution in [-0.2, 0) is 20.8 Å². The first-order chi connectivity index (χ1) is 12.5. The van der Waals surface area contributed by atoms with Gasteiger partial charge in [0, 0.05) is 12.7 Å². The van der Waals surface area contributed by atoms with Gasteiger partial charge in [-0.3, -0.25) is 10.1 Å². The Morgan fingerprint density at radius 3 is 2.65 bits per heavy atom. The summed E-state index contributed by atoms with van der Waals surface area (Å²) in [4.78, 5) is 36.9. The van der Waals surface area contributed by atoms with Gasteiger partial charge in [0.2, 0.25) is 0 Å². The molecule has 0 fully saturated rings. The number of likely N-dealkylation sites (N-methyl/N-ethyl adjacent to an activating group) is 1. The number of rotatable bonds is 7. The predicted octanol–water partition coefficient (Wildman–Crippen LogP) is 2.66. The Kier molecular flexibility index (Phi) is 6.78. The fourth-order valence-corrected chi connectivity index (χ4v) is 2.05. The summed E-state index contributed by atoms with van der Waals surface area (Å²) in [6, 6.07) is 9.63. The Bertz CT molecular complexity index is 757. The molecule has 0 aliphatic heterocycles. The quantitative estimate of drug-likeness (QED) is 0.762. The molecule has 1 N–H and O–H groups in total. The summed E-state index contributed by atoms with van der Waals surface area (Å²) >= 11 is 0. The SMILES string of the molecule is CCOC(=O)Nc1cccc(C(=O)OCC(=O)N(C)Cc2ccco2)c1. The summed E-state index contributed by atoms with van der Waals surface area (Å²) in [5, 5.41) is 2.49. The van der Waals surface area contributed by atoms with Crippen LogP contribution in [0.2, 0.25) is 0 Å². The number of hydrogen-bond acceptors (Lipinski definition) is 6. The normalized spacial score (nSPS) is 10.1. The zero-order chi connectivity index (χ0) is 18.9. The molecule has 0 atom stereocenters. The second-order valence-electron chi connectivity index (χ2n) is 5.33. The Morgan fingerprint density at radius 2 is 1.96 bits per heavy atom. The van der Waals surface area contributed by atoms with Crippen molar-refractivity contribution in [1.29, 1.82) is 0 Å². The van der Waals surface area contributed by atoms with Gasteiger partial charge in [-0.25, -0.2) is 9.59 Å². The average molecular weight is 360 g/mol. The number of nitrogens with zero attached hydrogens (tertiary/aromatic N) is 1. The van der Waals surface area contributed by atoms with E-state index < -0.39 is 18.7 Å². The molecular weight excluding hydrogens is 340 g/mol. The van der Waals surface area contributed by atoms with Crippen molar-refractivity contribution < 1.29 is 28.3 Å². The fourth-order valence-electron chi connectivity index (χ4n) is 2.05. The predicted molar refractivity (Wildman–Crippen MR) is 92.6 cm³/mol. The zero-order valence-electron chi connectivity index (χ0n) is 14.6. The van der Waals surface area contributed by atoms with Crippen LogP contribution in [0.5, 0.6) is 0 Å². The number of hydrogen-bond donors (Lipinski definition) is 1. The lowest BCUT2D eigenvalue weighted by Gasteiger charge is -2.15. The molecule has 8 heteroatoms. The highest BCUT2D eigenvalue weighted by Crippen LogP contribution is 2.12. The first-order valence-corrected chi connectivity index (χ1v) is 7.97. The third-order valence-electron chi connectivity index (χ3n) is 3.35. The molecule has 138 valence electrons. The van der Waals surface area contributed by atoms with Gasteiger partial charge in [0.05, 0.1) is 25.0 Å². The highest BCUT2D eigenvalue weighted by molar-refractivity contribution is 5.93. The topological polar surface area (TPSA) is 98.1 Å². The molecule has 1 heterocycles. The van der Waals surface area contributed by atoms with E-state index in [4.69, 9.17) is 13.9 Å². The molecule has 2 amide bonds. The largest absolute Gasteiger partial charge is 0.467 e. The maximum absolute atomic E-state index is 12.1. The lowest BCUT2D eigenvalue weighted by molar-refractivity contribution is -0.133. The van der Waals surface area contributed by atoms with Gasteiger partial charge in [-0.15, -0.1) is 0 Å². The summed E-state index contributed by atoms with van der Waals surface area (Å²) in [6.45, 7) is 1.81. The molecule has 0 unspecified atom stereocenters. The van der Waals surface area contributed by atoms with Crippen molar-refractivity contribution >= 4 is 23.7 Å². The van der Waals surface area contributed by atoms with Crippen molar-refractivity contribution in [2.24, 2.45) is 0 Å². The highest BCUT2D eigenvalue weighted by atomic mass is 16.5. The van der Waals surface area contributed by atoms with Gasteiger partial charge >= 0.3 is 12.1 Å². The van der Waals surface area contributed by atoms with Crippen molar-refractivity contribution in [3.05, 3.63) is 54.0 Å². The van der Waals surface area contributed by atoms with Crippen LogP contribution in [0.15, 0.2) is 47.1 Å². The summed E-state index contributed by atoms with van der Waals surface area (Å²) in [5.74, 6) is -0.405. The maximum Gasteiger partial charge on any atom is 0.411 e. The van der Waals surface area contributed by atoms with E-state index >= 15 is 0 Å². The number of carbonyl (C=O) groups is 3. The summed E-state index contributed by atoms with van der Waals surface area (Å²) in [7, 11) is 1.59. The van der Waals surface area contributed by atoms with Crippen LogP contribution in [0.4, 0.5) is 10.5 Å². The molecule has 0 saturated carbocycles. The van der Waals surface area contributed by atoms with Crippen molar-refractivity contribution in [3.8, 4) is 0 Å². The number of nitrogens with one attached hydrogen (secondary N) is 1. The molecular formula is C18H20N2O6. The minimum Gasteiger partial charge on any atom is -0.467 e. The van der Waals surface area contributed by atoms with E-state index in [-0.39, 0.29) is 24.6 Å². The van der Waals surface area contributed by atoms with Crippen LogP contribution >= 0.6 is 0 Å². The van der Waals surface area contributed by atoms with Crippen molar-refractivity contribution in [3.63, 3.8) is 0 Å². The van der Waals surface area contributed by atoms with E-state index in [9.17, 15) is 14.4 Å². The van der Waals surface area contributed by atoms with E-state index in [1.54, 1.807) is 38.2 Å². The number of anilines is 1. The van der Waals surface area contributed by atoms with Crippen LogP contribution < -0.4 is 5.32 Å². The summed E-state index contributed by atoms with van der Waals surface area (Å²) in [5.41, 5.74) is 0.597. The van der Waals surface area contributed by atoms with Crippen LogP contribution in [0.1, 0.15) is 23.0 Å². The molecule has 0 bridgehead atoms. The second-order valence-corrected chi connectivity index (χ2v) is 5.33. The van der Waals surface area contributed by atoms with E-state index in [2.05, 4.69) is 5.32 Å². The number of furan rings is 1. The molecule has 2 rings (SSSR count). The van der Waals surface area contributed by atoms with E-state index in [1.807, 2.05) is 0 Å². The third-order valence-corrected chi connectivity index (χ3v) is 3.35. The molecule has 1 aromatic carbocycles. The van der Waals surface area contributed by atoms with Crippen LogP contribution in [0.3, 0.4) is 0 Å². The van der Waals surface area contributed by atoms with E-state index in [1.165, 1.54) is 23.3 Å². The Morgan fingerprint density at radius 1 is 1.15 bits per heavy atom. The van der Waals surface area contributed by atoms with Crippen LogP contribution in [0, 0.1) is 0 Å². The van der Waals surface area contributed by atoms with Gasteiger partial charge in [0.15, 0.2) is 6.61 Å². The number of esters is 1. The molecule has 26 heavy (non-hydrogen) atoms. The number of carbonyl (C=O) groups excluding carboxylic acids is 3. The lowest BCUT2D eigenvalue weighted by atomic mass is 10.2. The Hall–Kier alpha value is -3.29. The molecule has 0 spiro atoms. The number of amides is 2.